The number of hydrogen-bond acceptors (Lipinski definition) is 2. The van der Waals surface area contributed by atoms with Gasteiger partial charge < -0.3 is 0 Å². The average Bonchev–Trinajstić information content (AvgIpc) is 2.70. The van der Waals surface area contributed by atoms with Crippen LogP contribution in [0.25, 0.3) is 12.2 Å². The average molecular weight is 266 g/mol. The summed E-state index contributed by atoms with van der Waals surface area (Å²) in [4.78, 5) is 4.17. The molecule has 70 valence electrons. The molecule has 0 spiro atoms. The Morgan fingerprint density at radius 2 is 1.93 bits per heavy atom. The van der Waals surface area contributed by atoms with Crippen LogP contribution in [0.5, 0.6) is 0 Å². The van der Waals surface area contributed by atoms with Crippen molar-refractivity contribution in [3.05, 3.63) is 50.9 Å². The fourth-order valence-corrected chi connectivity index (χ4v) is 1.85. The zero-order valence-electron chi connectivity index (χ0n) is 7.35. The van der Waals surface area contributed by atoms with Crippen LogP contribution in [-0.2, 0) is 0 Å². The molecule has 1 aromatic heterocycles. The third-order valence-corrected chi connectivity index (χ3v) is 2.90. The van der Waals surface area contributed by atoms with Crippen molar-refractivity contribution in [1.82, 2.24) is 4.98 Å². The Hall–Kier alpha value is -0.930. The van der Waals surface area contributed by atoms with E-state index in [1.54, 1.807) is 11.3 Å². The minimum atomic E-state index is 1.01. The van der Waals surface area contributed by atoms with Crippen molar-refractivity contribution in [2.24, 2.45) is 0 Å². The Bertz CT molecular complexity index is 417. The van der Waals surface area contributed by atoms with E-state index >= 15 is 0 Å². The van der Waals surface area contributed by atoms with Gasteiger partial charge in [-0.2, -0.15) is 0 Å². The zero-order valence-corrected chi connectivity index (χ0v) is 9.75. The third kappa shape index (κ3) is 2.53. The maximum atomic E-state index is 4.17. The minimum absolute atomic E-state index is 1.01. The van der Waals surface area contributed by atoms with Gasteiger partial charge in [0.1, 0.15) is 0 Å². The first kappa shape index (κ1) is 9.62. The second-order valence-electron chi connectivity index (χ2n) is 2.80. The number of aromatic nitrogens is 1. The van der Waals surface area contributed by atoms with E-state index in [9.17, 15) is 0 Å². The summed E-state index contributed by atoms with van der Waals surface area (Å²) in [5.74, 6) is 0. The van der Waals surface area contributed by atoms with Crippen LogP contribution in [-0.4, -0.2) is 4.98 Å². The fraction of sp³-hybridized carbons (Fsp3) is 0. The molecule has 1 nitrogen and oxygen atoms in total. The normalized spacial score (nSPS) is 10.9. The smallest absolute Gasteiger partial charge is 0.0798 e. The summed E-state index contributed by atoms with van der Waals surface area (Å²) in [5, 5.41) is 2.02. The summed E-state index contributed by atoms with van der Waals surface area (Å²) in [6.07, 6.45) is 4.07. The lowest BCUT2D eigenvalue weighted by Gasteiger charge is -1.92. The van der Waals surface area contributed by atoms with Crippen LogP contribution >= 0.6 is 27.3 Å². The predicted octanol–water partition coefficient (Wildman–Crippen LogP) is 4.08. The lowest BCUT2D eigenvalue weighted by molar-refractivity contribution is 1.39. The quantitative estimate of drug-likeness (QED) is 0.798. The van der Waals surface area contributed by atoms with Crippen LogP contribution in [0.2, 0.25) is 0 Å². The van der Waals surface area contributed by atoms with Gasteiger partial charge in [-0.3, -0.25) is 0 Å². The van der Waals surface area contributed by atoms with Crippen molar-refractivity contribution in [2.75, 3.05) is 0 Å². The summed E-state index contributed by atoms with van der Waals surface area (Å²) in [6.45, 7) is 0. The molecule has 0 saturated carbocycles. The first-order valence-corrected chi connectivity index (χ1v) is 5.90. The first-order chi connectivity index (χ1) is 6.84. The van der Waals surface area contributed by atoms with Gasteiger partial charge in [0, 0.05) is 9.85 Å². The molecule has 3 heteroatoms. The lowest BCUT2D eigenvalue weighted by Crippen LogP contribution is -1.71. The van der Waals surface area contributed by atoms with Crippen molar-refractivity contribution in [1.29, 1.82) is 0 Å². The van der Waals surface area contributed by atoms with E-state index in [2.05, 4.69) is 39.1 Å². The molecule has 0 bridgehead atoms. The topological polar surface area (TPSA) is 12.9 Å². The van der Waals surface area contributed by atoms with Gasteiger partial charge in [-0.1, -0.05) is 34.1 Å². The molecular formula is C11H8BrNS. The van der Waals surface area contributed by atoms with Gasteiger partial charge in [-0.25, -0.2) is 4.98 Å². The largest absolute Gasteiger partial charge is 0.245 e. The third-order valence-electron chi connectivity index (χ3n) is 1.77. The summed E-state index contributed by atoms with van der Waals surface area (Å²) >= 11 is 5.01. The number of benzene rings is 1. The van der Waals surface area contributed by atoms with E-state index in [1.165, 1.54) is 5.56 Å². The molecule has 0 aliphatic rings. The standard InChI is InChI=1S/C11H8BrNS/c12-10-4-1-9(2-5-10)3-6-11-7-14-8-13-11/h1-8H. The van der Waals surface area contributed by atoms with Crippen molar-refractivity contribution >= 4 is 39.4 Å². The van der Waals surface area contributed by atoms with Gasteiger partial charge in [0.2, 0.25) is 0 Å². The molecule has 2 rings (SSSR count). The molecule has 0 aliphatic carbocycles. The molecule has 1 heterocycles. The molecule has 14 heavy (non-hydrogen) atoms. The molecule has 0 aliphatic heterocycles. The van der Waals surface area contributed by atoms with Crippen LogP contribution < -0.4 is 0 Å². The molecular weight excluding hydrogens is 258 g/mol. The second kappa shape index (κ2) is 4.53. The van der Waals surface area contributed by atoms with Crippen molar-refractivity contribution in [3.8, 4) is 0 Å². The molecule has 0 N–H and O–H groups in total. The fourth-order valence-electron chi connectivity index (χ4n) is 1.06. The van der Waals surface area contributed by atoms with Gasteiger partial charge in [0.15, 0.2) is 0 Å². The minimum Gasteiger partial charge on any atom is -0.245 e. The van der Waals surface area contributed by atoms with Gasteiger partial charge in [-0.05, 0) is 23.8 Å². The number of thiazole rings is 1. The summed E-state index contributed by atoms with van der Waals surface area (Å²) in [6, 6.07) is 8.18. The van der Waals surface area contributed by atoms with Gasteiger partial charge in [-0.15, -0.1) is 11.3 Å². The van der Waals surface area contributed by atoms with Crippen molar-refractivity contribution in [3.63, 3.8) is 0 Å². The highest BCUT2D eigenvalue weighted by Crippen LogP contribution is 2.13. The van der Waals surface area contributed by atoms with E-state index in [1.807, 2.05) is 29.1 Å². The number of rotatable bonds is 2. The van der Waals surface area contributed by atoms with Crippen molar-refractivity contribution in [2.45, 2.75) is 0 Å². The Kier molecular flexibility index (Phi) is 3.11. The van der Waals surface area contributed by atoms with Gasteiger partial charge >= 0.3 is 0 Å². The summed E-state index contributed by atoms with van der Waals surface area (Å²) in [5.41, 5.74) is 4.03. The molecule has 0 fully saturated rings. The van der Waals surface area contributed by atoms with Gasteiger partial charge in [0.05, 0.1) is 11.2 Å². The molecule has 0 unspecified atom stereocenters. The van der Waals surface area contributed by atoms with Crippen LogP contribution in [0.1, 0.15) is 11.3 Å². The Morgan fingerprint density at radius 3 is 2.57 bits per heavy atom. The molecule has 0 radical (unpaired) electrons. The molecule has 0 amide bonds. The summed E-state index contributed by atoms with van der Waals surface area (Å²) in [7, 11) is 0. The zero-order chi connectivity index (χ0) is 9.80. The van der Waals surface area contributed by atoms with E-state index in [0.29, 0.717) is 0 Å². The van der Waals surface area contributed by atoms with Crippen LogP contribution in [0, 0.1) is 0 Å². The maximum Gasteiger partial charge on any atom is 0.0798 e. The second-order valence-corrected chi connectivity index (χ2v) is 4.43. The molecule has 0 saturated heterocycles. The Morgan fingerprint density at radius 1 is 1.14 bits per heavy atom. The lowest BCUT2D eigenvalue weighted by atomic mass is 10.2. The molecule has 0 atom stereocenters. The summed E-state index contributed by atoms with van der Waals surface area (Å²) < 4.78 is 1.10. The highest BCUT2D eigenvalue weighted by molar-refractivity contribution is 9.10. The van der Waals surface area contributed by atoms with E-state index in [4.69, 9.17) is 0 Å². The number of halogens is 1. The predicted molar refractivity (Wildman–Crippen MR) is 65.2 cm³/mol. The highest BCUT2D eigenvalue weighted by Gasteiger charge is 1.89. The van der Waals surface area contributed by atoms with Gasteiger partial charge in [0.25, 0.3) is 0 Å². The molecule has 2 aromatic rings. The Labute approximate surface area is 95.3 Å². The van der Waals surface area contributed by atoms with Crippen LogP contribution in [0.15, 0.2) is 39.6 Å². The SMILES string of the molecule is Brc1ccc(C=Cc2cscn2)cc1. The number of hydrogen-bond donors (Lipinski definition) is 0. The number of nitrogens with zero attached hydrogens (tertiary/aromatic N) is 1. The first-order valence-electron chi connectivity index (χ1n) is 4.16. The van der Waals surface area contributed by atoms with E-state index in [-0.39, 0.29) is 0 Å². The molecule has 1 aromatic carbocycles. The Balaban J connectivity index is 2.15. The van der Waals surface area contributed by atoms with Crippen LogP contribution in [0.4, 0.5) is 0 Å². The monoisotopic (exact) mass is 265 g/mol. The highest BCUT2D eigenvalue weighted by atomic mass is 79.9. The maximum absolute atomic E-state index is 4.17. The van der Waals surface area contributed by atoms with Crippen LogP contribution in [0.3, 0.4) is 0 Å². The van der Waals surface area contributed by atoms with Crippen molar-refractivity contribution < 1.29 is 0 Å². The van der Waals surface area contributed by atoms with E-state index < -0.39 is 0 Å². The van der Waals surface area contributed by atoms with E-state index in [0.717, 1.165) is 10.2 Å².